The zero-order chi connectivity index (χ0) is 23.3. The van der Waals surface area contributed by atoms with E-state index in [1.807, 2.05) is 4.68 Å². The molecular formula is C25H32FN5O2. The van der Waals surface area contributed by atoms with Crippen molar-refractivity contribution in [3.8, 4) is 5.75 Å². The molecule has 8 heteroatoms. The van der Waals surface area contributed by atoms with Crippen LogP contribution in [-0.4, -0.2) is 45.8 Å². The summed E-state index contributed by atoms with van der Waals surface area (Å²) < 4.78 is 22.0. The van der Waals surface area contributed by atoms with Gasteiger partial charge >= 0.3 is 0 Å². The van der Waals surface area contributed by atoms with E-state index in [1.165, 1.54) is 23.8 Å². The van der Waals surface area contributed by atoms with Gasteiger partial charge in [0.05, 0.1) is 36.5 Å². The van der Waals surface area contributed by atoms with Crippen LogP contribution >= 0.6 is 0 Å². The Kier molecular flexibility index (Phi) is 5.43. The summed E-state index contributed by atoms with van der Waals surface area (Å²) in [4.78, 5) is 15.2. The Hall–Kier alpha value is -2.87. The van der Waals surface area contributed by atoms with Gasteiger partial charge in [-0.25, -0.2) is 9.07 Å². The second-order valence-corrected chi connectivity index (χ2v) is 9.95. The van der Waals surface area contributed by atoms with E-state index in [0.717, 1.165) is 48.7 Å². The summed E-state index contributed by atoms with van der Waals surface area (Å²) in [6, 6.07) is 4.19. The molecular weight excluding hydrogens is 421 g/mol. The Labute approximate surface area is 194 Å². The molecule has 5 rings (SSSR count). The van der Waals surface area contributed by atoms with Crippen LogP contribution in [0, 0.1) is 11.7 Å². The molecule has 0 spiro atoms. The first-order valence-corrected chi connectivity index (χ1v) is 11.7. The molecule has 2 aromatic rings. The molecule has 0 unspecified atom stereocenters. The summed E-state index contributed by atoms with van der Waals surface area (Å²) in [5.74, 6) is 1.13. The molecule has 176 valence electrons. The van der Waals surface area contributed by atoms with Gasteiger partial charge in [0.2, 0.25) is 0 Å². The SMILES string of the molecule is CC1=C(C)C(C)(C)Nc2c3c(nn21)CN(C(=O)c1ccc(F)cc1OCC1CCNCC1)C3. The third kappa shape index (κ3) is 3.90. The highest BCUT2D eigenvalue weighted by molar-refractivity contribution is 5.97. The maximum Gasteiger partial charge on any atom is 0.258 e. The van der Waals surface area contributed by atoms with E-state index in [-0.39, 0.29) is 11.4 Å². The Morgan fingerprint density at radius 2 is 2.00 bits per heavy atom. The molecule has 1 amide bonds. The van der Waals surface area contributed by atoms with Gasteiger partial charge in [0, 0.05) is 17.3 Å². The number of amides is 1. The Bertz CT molecular complexity index is 1130. The number of carbonyl (C=O) groups is 1. The molecule has 1 saturated heterocycles. The van der Waals surface area contributed by atoms with Crippen molar-refractivity contribution in [1.29, 1.82) is 0 Å². The summed E-state index contributed by atoms with van der Waals surface area (Å²) in [7, 11) is 0. The van der Waals surface area contributed by atoms with Crippen molar-refractivity contribution in [3.05, 3.63) is 46.4 Å². The fourth-order valence-electron chi connectivity index (χ4n) is 4.95. The molecule has 1 aromatic carbocycles. The van der Waals surface area contributed by atoms with Crippen molar-refractivity contribution >= 4 is 17.4 Å². The number of hydrogen-bond donors (Lipinski definition) is 2. The highest BCUT2D eigenvalue weighted by Gasteiger charge is 2.37. The number of aromatic nitrogens is 2. The highest BCUT2D eigenvalue weighted by Crippen LogP contribution is 2.40. The predicted octanol–water partition coefficient (Wildman–Crippen LogP) is 4.01. The maximum atomic E-state index is 14.0. The van der Waals surface area contributed by atoms with Crippen LogP contribution in [0.5, 0.6) is 5.75 Å². The van der Waals surface area contributed by atoms with Gasteiger partial charge in [-0.05, 0) is 77.2 Å². The van der Waals surface area contributed by atoms with Crippen molar-refractivity contribution in [3.63, 3.8) is 0 Å². The number of fused-ring (bicyclic) bond motifs is 3. The lowest BCUT2D eigenvalue weighted by molar-refractivity contribution is 0.0743. The van der Waals surface area contributed by atoms with Crippen molar-refractivity contribution in [2.24, 2.45) is 5.92 Å². The van der Waals surface area contributed by atoms with Gasteiger partial charge in [-0.3, -0.25) is 4.79 Å². The van der Waals surface area contributed by atoms with Gasteiger partial charge in [0.15, 0.2) is 0 Å². The summed E-state index contributed by atoms with van der Waals surface area (Å²) in [5.41, 5.74) is 4.52. The van der Waals surface area contributed by atoms with Crippen LogP contribution in [0.4, 0.5) is 10.2 Å². The number of allylic oxidation sites excluding steroid dienone is 1. The Balaban J connectivity index is 1.36. The Morgan fingerprint density at radius 1 is 1.24 bits per heavy atom. The first-order chi connectivity index (χ1) is 15.7. The van der Waals surface area contributed by atoms with Crippen LogP contribution in [0.3, 0.4) is 0 Å². The van der Waals surface area contributed by atoms with Gasteiger partial charge in [0.25, 0.3) is 5.91 Å². The number of ether oxygens (including phenoxy) is 1. The van der Waals surface area contributed by atoms with E-state index in [2.05, 4.69) is 38.3 Å². The standard InChI is InChI=1S/C25H32FN5O2/c1-15-16(2)31-23(28-25(15,3)4)20-12-30(13-21(20)29-31)24(32)19-6-5-18(26)11-22(19)33-14-17-7-9-27-10-8-17/h5-6,11,17,27-28H,7-10,12-14H2,1-4H3. The van der Waals surface area contributed by atoms with E-state index >= 15 is 0 Å². The monoisotopic (exact) mass is 453 g/mol. The van der Waals surface area contributed by atoms with E-state index < -0.39 is 5.82 Å². The lowest BCUT2D eigenvalue weighted by atomic mass is 9.92. The van der Waals surface area contributed by atoms with Gasteiger partial charge in [-0.2, -0.15) is 5.10 Å². The van der Waals surface area contributed by atoms with Gasteiger partial charge in [0.1, 0.15) is 17.4 Å². The van der Waals surface area contributed by atoms with E-state index in [4.69, 9.17) is 9.84 Å². The van der Waals surface area contributed by atoms with E-state index in [9.17, 15) is 9.18 Å². The highest BCUT2D eigenvalue weighted by atomic mass is 19.1. The molecule has 33 heavy (non-hydrogen) atoms. The van der Waals surface area contributed by atoms with Crippen LogP contribution in [-0.2, 0) is 13.1 Å². The summed E-state index contributed by atoms with van der Waals surface area (Å²) >= 11 is 0. The zero-order valence-electron chi connectivity index (χ0n) is 19.8. The number of hydrogen-bond acceptors (Lipinski definition) is 5. The van der Waals surface area contributed by atoms with Crippen molar-refractivity contribution in [2.75, 3.05) is 25.0 Å². The summed E-state index contributed by atoms with van der Waals surface area (Å²) in [6.45, 7) is 11.8. The molecule has 1 aromatic heterocycles. The molecule has 0 radical (unpaired) electrons. The molecule has 0 bridgehead atoms. The van der Waals surface area contributed by atoms with Gasteiger partial charge in [-0.15, -0.1) is 0 Å². The molecule has 7 nitrogen and oxygen atoms in total. The lowest BCUT2D eigenvalue weighted by Gasteiger charge is -2.35. The van der Waals surface area contributed by atoms with Crippen LogP contribution in [0.15, 0.2) is 23.8 Å². The number of nitrogens with one attached hydrogen (secondary N) is 2. The molecule has 3 aliphatic heterocycles. The number of halogens is 1. The number of piperidine rings is 1. The smallest absolute Gasteiger partial charge is 0.258 e. The average Bonchev–Trinajstić information content (AvgIpc) is 3.35. The van der Waals surface area contributed by atoms with Gasteiger partial charge in [-0.1, -0.05) is 0 Å². The predicted molar refractivity (Wildman–Crippen MR) is 126 cm³/mol. The number of anilines is 1. The fourth-order valence-corrected chi connectivity index (χ4v) is 4.95. The van der Waals surface area contributed by atoms with Crippen LogP contribution in [0.2, 0.25) is 0 Å². The van der Waals surface area contributed by atoms with E-state index in [1.54, 1.807) is 4.90 Å². The van der Waals surface area contributed by atoms with Crippen molar-refractivity contribution in [1.82, 2.24) is 20.0 Å². The molecule has 3 aliphatic rings. The Morgan fingerprint density at radius 3 is 2.76 bits per heavy atom. The lowest BCUT2D eigenvalue weighted by Crippen LogP contribution is -2.38. The van der Waals surface area contributed by atoms with Gasteiger partial charge < -0.3 is 20.3 Å². The third-order valence-corrected chi connectivity index (χ3v) is 7.38. The minimum atomic E-state index is -0.402. The largest absolute Gasteiger partial charge is 0.492 e. The first kappa shape index (κ1) is 21.9. The maximum absolute atomic E-state index is 14.0. The minimum absolute atomic E-state index is 0.162. The van der Waals surface area contributed by atoms with Crippen molar-refractivity contribution in [2.45, 2.75) is 59.2 Å². The first-order valence-electron chi connectivity index (χ1n) is 11.7. The third-order valence-electron chi connectivity index (χ3n) is 7.38. The molecule has 1 fully saturated rings. The quantitative estimate of drug-likeness (QED) is 0.732. The minimum Gasteiger partial charge on any atom is -0.492 e. The zero-order valence-corrected chi connectivity index (χ0v) is 19.8. The number of rotatable bonds is 4. The molecule has 4 heterocycles. The number of carbonyl (C=O) groups excluding carboxylic acids is 1. The van der Waals surface area contributed by atoms with Crippen LogP contribution in [0.1, 0.15) is 62.2 Å². The number of benzene rings is 1. The van der Waals surface area contributed by atoms with Crippen molar-refractivity contribution < 1.29 is 13.9 Å². The number of nitrogens with zero attached hydrogens (tertiary/aromatic N) is 3. The normalized spacial score (nSPS) is 19.8. The van der Waals surface area contributed by atoms with E-state index in [0.29, 0.717) is 36.9 Å². The molecule has 0 aliphatic carbocycles. The summed E-state index contributed by atoms with van der Waals surface area (Å²) in [5, 5.41) is 11.7. The summed E-state index contributed by atoms with van der Waals surface area (Å²) in [6.07, 6.45) is 2.04. The van der Waals surface area contributed by atoms with Crippen LogP contribution in [0.25, 0.3) is 5.70 Å². The average molecular weight is 454 g/mol. The second kappa shape index (κ2) is 8.17. The topological polar surface area (TPSA) is 71.4 Å². The molecule has 0 atom stereocenters. The molecule has 0 saturated carbocycles. The molecule has 2 N–H and O–H groups in total. The fraction of sp³-hybridized carbons (Fsp3) is 0.520. The van der Waals surface area contributed by atoms with Crippen LogP contribution < -0.4 is 15.4 Å². The second-order valence-electron chi connectivity index (χ2n) is 9.95.